The van der Waals surface area contributed by atoms with Crippen molar-refractivity contribution in [2.24, 2.45) is 11.8 Å². The molecule has 3 atom stereocenters. The Morgan fingerprint density at radius 3 is 2.96 bits per heavy atom. The predicted molar refractivity (Wildman–Crippen MR) is 92.0 cm³/mol. The lowest BCUT2D eigenvalue weighted by atomic mass is 9.85. The SMILES string of the molecule is CC(NC(=O)CC(C)C1CCCNC1)c1nc2ccccc2[nH]1. The van der Waals surface area contributed by atoms with Crippen LogP contribution in [0.2, 0.25) is 0 Å². The van der Waals surface area contributed by atoms with Crippen LogP contribution in [0.3, 0.4) is 0 Å². The van der Waals surface area contributed by atoms with Crippen LogP contribution in [0.25, 0.3) is 11.0 Å². The van der Waals surface area contributed by atoms with Crippen molar-refractivity contribution in [1.82, 2.24) is 20.6 Å². The number of imidazole rings is 1. The number of carbonyl (C=O) groups excluding carboxylic acids is 1. The average molecular weight is 314 g/mol. The molecule has 2 aromatic rings. The van der Waals surface area contributed by atoms with Crippen LogP contribution in [0.5, 0.6) is 0 Å². The number of nitrogens with one attached hydrogen (secondary N) is 3. The summed E-state index contributed by atoms with van der Waals surface area (Å²) in [6.07, 6.45) is 3.02. The van der Waals surface area contributed by atoms with Crippen molar-refractivity contribution in [2.75, 3.05) is 13.1 Å². The molecule has 23 heavy (non-hydrogen) atoms. The van der Waals surface area contributed by atoms with E-state index in [4.69, 9.17) is 0 Å². The van der Waals surface area contributed by atoms with Gasteiger partial charge in [-0.1, -0.05) is 19.1 Å². The number of hydrogen-bond acceptors (Lipinski definition) is 3. The maximum atomic E-state index is 12.3. The topological polar surface area (TPSA) is 69.8 Å². The second-order valence-electron chi connectivity index (χ2n) is 6.72. The van der Waals surface area contributed by atoms with Crippen LogP contribution in [0.15, 0.2) is 24.3 Å². The molecule has 1 aromatic carbocycles. The maximum Gasteiger partial charge on any atom is 0.220 e. The maximum absolute atomic E-state index is 12.3. The van der Waals surface area contributed by atoms with Gasteiger partial charge in [0.25, 0.3) is 0 Å². The highest BCUT2D eigenvalue weighted by atomic mass is 16.1. The highest BCUT2D eigenvalue weighted by molar-refractivity contribution is 5.77. The highest BCUT2D eigenvalue weighted by Gasteiger charge is 2.23. The minimum absolute atomic E-state index is 0.105. The van der Waals surface area contributed by atoms with E-state index >= 15 is 0 Å². The van der Waals surface area contributed by atoms with Crippen LogP contribution < -0.4 is 10.6 Å². The van der Waals surface area contributed by atoms with Gasteiger partial charge < -0.3 is 15.6 Å². The van der Waals surface area contributed by atoms with E-state index in [1.54, 1.807) is 0 Å². The number of para-hydroxylation sites is 2. The molecule has 1 saturated heterocycles. The highest BCUT2D eigenvalue weighted by Crippen LogP contribution is 2.23. The van der Waals surface area contributed by atoms with Crippen LogP contribution in [0.4, 0.5) is 0 Å². The Kier molecular flexibility index (Phi) is 4.96. The van der Waals surface area contributed by atoms with E-state index in [0.717, 1.165) is 29.9 Å². The zero-order valence-electron chi connectivity index (χ0n) is 13.9. The standard InChI is InChI=1S/C18H26N4O/c1-12(14-6-5-9-19-11-14)10-17(23)20-13(2)18-21-15-7-3-4-8-16(15)22-18/h3-4,7-8,12-14,19H,5-6,9-11H2,1-2H3,(H,20,23)(H,21,22). The molecule has 0 spiro atoms. The molecule has 3 N–H and O–H groups in total. The van der Waals surface area contributed by atoms with Crippen LogP contribution in [-0.4, -0.2) is 29.0 Å². The van der Waals surface area contributed by atoms with Crippen molar-refractivity contribution in [3.63, 3.8) is 0 Å². The third-order valence-corrected chi connectivity index (χ3v) is 4.84. The number of hydrogen-bond donors (Lipinski definition) is 3. The molecular formula is C18H26N4O. The summed E-state index contributed by atoms with van der Waals surface area (Å²) in [5.74, 6) is 1.93. The van der Waals surface area contributed by atoms with Gasteiger partial charge in [-0.15, -0.1) is 0 Å². The summed E-state index contributed by atoms with van der Waals surface area (Å²) in [5, 5.41) is 6.50. The van der Waals surface area contributed by atoms with Crippen LogP contribution in [0.1, 0.15) is 45.0 Å². The van der Waals surface area contributed by atoms with Crippen LogP contribution >= 0.6 is 0 Å². The molecule has 1 aromatic heterocycles. The van der Waals surface area contributed by atoms with Gasteiger partial charge in [0.2, 0.25) is 5.91 Å². The average Bonchev–Trinajstić information content (AvgIpc) is 2.99. The molecule has 124 valence electrons. The van der Waals surface area contributed by atoms with E-state index in [0.29, 0.717) is 18.3 Å². The van der Waals surface area contributed by atoms with Crippen molar-refractivity contribution >= 4 is 16.9 Å². The summed E-state index contributed by atoms with van der Waals surface area (Å²) in [6, 6.07) is 7.82. The number of rotatable bonds is 5. The quantitative estimate of drug-likeness (QED) is 0.795. The minimum Gasteiger partial charge on any atom is -0.346 e. The van der Waals surface area contributed by atoms with E-state index < -0.39 is 0 Å². The minimum atomic E-state index is -0.105. The molecule has 2 heterocycles. The molecule has 3 rings (SSSR count). The van der Waals surface area contributed by atoms with Gasteiger partial charge in [0.05, 0.1) is 17.1 Å². The van der Waals surface area contributed by atoms with E-state index in [-0.39, 0.29) is 11.9 Å². The summed E-state index contributed by atoms with van der Waals surface area (Å²) in [5.41, 5.74) is 1.94. The van der Waals surface area contributed by atoms with Crippen molar-refractivity contribution in [3.05, 3.63) is 30.1 Å². The lowest BCUT2D eigenvalue weighted by Gasteiger charge is -2.28. The lowest BCUT2D eigenvalue weighted by molar-refractivity contribution is -0.123. The van der Waals surface area contributed by atoms with Gasteiger partial charge in [0.15, 0.2) is 0 Å². The van der Waals surface area contributed by atoms with Crippen molar-refractivity contribution in [3.8, 4) is 0 Å². The monoisotopic (exact) mass is 314 g/mol. The zero-order chi connectivity index (χ0) is 16.2. The van der Waals surface area contributed by atoms with Gasteiger partial charge in [-0.3, -0.25) is 4.79 Å². The van der Waals surface area contributed by atoms with Gasteiger partial charge in [0, 0.05) is 6.42 Å². The molecule has 0 aliphatic carbocycles. The smallest absolute Gasteiger partial charge is 0.220 e. The summed E-state index contributed by atoms with van der Waals surface area (Å²) in [4.78, 5) is 20.2. The first-order valence-electron chi connectivity index (χ1n) is 8.58. The number of fused-ring (bicyclic) bond motifs is 1. The number of piperidine rings is 1. The summed E-state index contributed by atoms with van der Waals surface area (Å²) < 4.78 is 0. The van der Waals surface area contributed by atoms with Gasteiger partial charge in [0.1, 0.15) is 5.82 Å². The Bertz CT molecular complexity index is 627. The number of aromatic nitrogens is 2. The first kappa shape index (κ1) is 16.0. The number of H-pyrrole nitrogens is 1. The number of aromatic amines is 1. The first-order chi connectivity index (χ1) is 11.1. The fraction of sp³-hybridized carbons (Fsp3) is 0.556. The molecule has 0 bridgehead atoms. The van der Waals surface area contributed by atoms with Gasteiger partial charge >= 0.3 is 0 Å². The predicted octanol–water partition coefficient (Wildman–Crippen LogP) is 2.77. The largest absolute Gasteiger partial charge is 0.346 e. The Morgan fingerprint density at radius 1 is 1.39 bits per heavy atom. The fourth-order valence-corrected chi connectivity index (χ4v) is 3.37. The summed E-state index contributed by atoms with van der Waals surface area (Å²) >= 11 is 0. The lowest BCUT2D eigenvalue weighted by Crippen LogP contribution is -2.36. The second-order valence-corrected chi connectivity index (χ2v) is 6.72. The fourth-order valence-electron chi connectivity index (χ4n) is 3.37. The van der Waals surface area contributed by atoms with E-state index in [1.807, 2.05) is 31.2 Å². The van der Waals surface area contributed by atoms with Crippen LogP contribution in [0, 0.1) is 11.8 Å². The van der Waals surface area contributed by atoms with Crippen LogP contribution in [-0.2, 0) is 4.79 Å². The van der Waals surface area contributed by atoms with Crippen molar-refractivity contribution in [1.29, 1.82) is 0 Å². The second kappa shape index (κ2) is 7.13. The molecule has 1 fully saturated rings. The summed E-state index contributed by atoms with van der Waals surface area (Å²) in [6.45, 7) is 6.30. The van der Waals surface area contributed by atoms with E-state index in [9.17, 15) is 4.79 Å². The molecular weight excluding hydrogens is 288 g/mol. The number of nitrogens with zero attached hydrogens (tertiary/aromatic N) is 1. The van der Waals surface area contributed by atoms with Gasteiger partial charge in [-0.25, -0.2) is 4.98 Å². The van der Waals surface area contributed by atoms with Gasteiger partial charge in [-0.2, -0.15) is 0 Å². The molecule has 1 aliphatic rings. The number of carbonyl (C=O) groups is 1. The number of benzene rings is 1. The molecule has 0 saturated carbocycles. The summed E-state index contributed by atoms with van der Waals surface area (Å²) in [7, 11) is 0. The molecule has 5 nitrogen and oxygen atoms in total. The normalized spacial score (nSPS) is 21.0. The van der Waals surface area contributed by atoms with Crippen molar-refractivity contribution in [2.45, 2.75) is 39.2 Å². The van der Waals surface area contributed by atoms with Gasteiger partial charge in [-0.05, 0) is 56.8 Å². The molecule has 0 radical (unpaired) electrons. The third-order valence-electron chi connectivity index (χ3n) is 4.84. The van der Waals surface area contributed by atoms with Crippen molar-refractivity contribution < 1.29 is 4.79 Å². The Labute approximate surface area is 137 Å². The Balaban J connectivity index is 1.56. The third kappa shape index (κ3) is 3.91. The number of amides is 1. The zero-order valence-corrected chi connectivity index (χ0v) is 13.9. The molecule has 1 amide bonds. The Morgan fingerprint density at radius 2 is 2.22 bits per heavy atom. The Hall–Kier alpha value is -1.88. The first-order valence-corrected chi connectivity index (χ1v) is 8.58. The van der Waals surface area contributed by atoms with E-state index in [2.05, 4.69) is 27.5 Å². The molecule has 5 heteroatoms. The molecule has 1 aliphatic heterocycles. The van der Waals surface area contributed by atoms with E-state index in [1.165, 1.54) is 12.8 Å². The molecule has 3 unspecified atom stereocenters.